The maximum absolute atomic E-state index is 12.8. The van der Waals surface area contributed by atoms with Gasteiger partial charge in [-0.25, -0.2) is 0 Å². The first-order chi connectivity index (χ1) is 11.2. The van der Waals surface area contributed by atoms with Gasteiger partial charge in [0.1, 0.15) is 0 Å². The van der Waals surface area contributed by atoms with Gasteiger partial charge in [-0.2, -0.15) is 0 Å². The van der Waals surface area contributed by atoms with Gasteiger partial charge in [0.25, 0.3) is 5.91 Å². The van der Waals surface area contributed by atoms with Crippen molar-refractivity contribution in [3.05, 3.63) is 69.7 Å². The Balaban J connectivity index is 1.72. The molecule has 0 saturated heterocycles. The molecule has 1 aliphatic rings. The fraction of sp³-hybridized carbons (Fsp3) is 0.222. The van der Waals surface area contributed by atoms with E-state index in [1.165, 1.54) is 11.1 Å². The Hall–Kier alpha value is -1.59. The van der Waals surface area contributed by atoms with Crippen LogP contribution in [0.3, 0.4) is 0 Å². The minimum atomic E-state index is 0.00556. The van der Waals surface area contributed by atoms with E-state index in [1.807, 2.05) is 36.4 Å². The number of benzene rings is 2. The third kappa shape index (κ3) is 3.67. The van der Waals surface area contributed by atoms with Gasteiger partial charge in [0, 0.05) is 16.8 Å². The quantitative estimate of drug-likeness (QED) is 0.774. The normalized spacial score (nSPS) is 14.0. The van der Waals surface area contributed by atoms with Crippen molar-refractivity contribution in [2.75, 3.05) is 13.1 Å². The number of amidine groups is 1. The van der Waals surface area contributed by atoms with Crippen LogP contribution >= 0.6 is 27.7 Å². The maximum Gasteiger partial charge on any atom is 0.261 e. The van der Waals surface area contributed by atoms with Crippen LogP contribution in [0.25, 0.3) is 0 Å². The zero-order valence-electron chi connectivity index (χ0n) is 12.8. The van der Waals surface area contributed by atoms with Gasteiger partial charge in [0.15, 0.2) is 5.17 Å². The van der Waals surface area contributed by atoms with E-state index in [-0.39, 0.29) is 5.91 Å². The highest BCUT2D eigenvalue weighted by molar-refractivity contribution is 9.10. The molecule has 0 N–H and O–H groups in total. The highest BCUT2D eigenvalue weighted by atomic mass is 79.9. The van der Waals surface area contributed by atoms with E-state index in [9.17, 15) is 4.79 Å². The fourth-order valence-corrected chi connectivity index (χ4v) is 4.01. The summed E-state index contributed by atoms with van der Waals surface area (Å²) >= 11 is 5.08. The van der Waals surface area contributed by atoms with Crippen LogP contribution in [0.2, 0.25) is 0 Å². The van der Waals surface area contributed by atoms with Gasteiger partial charge in [-0.3, -0.25) is 14.7 Å². The minimum Gasteiger partial charge on any atom is -0.286 e. The van der Waals surface area contributed by atoms with E-state index in [0.29, 0.717) is 18.7 Å². The molecule has 2 aromatic carbocycles. The Morgan fingerprint density at radius 3 is 2.74 bits per heavy atom. The second-order valence-electron chi connectivity index (χ2n) is 5.32. The van der Waals surface area contributed by atoms with Crippen molar-refractivity contribution in [3.63, 3.8) is 0 Å². The van der Waals surface area contributed by atoms with Gasteiger partial charge in [0.05, 0.1) is 12.1 Å². The van der Waals surface area contributed by atoms with Crippen molar-refractivity contribution in [1.29, 1.82) is 0 Å². The summed E-state index contributed by atoms with van der Waals surface area (Å²) in [6.45, 7) is 3.43. The van der Waals surface area contributed by atoms with Crippen LogP contribution < -0.4 is 0 Å². The SMILES string of the molecule is Cc1ccccc1CSC1=NCCN1C(=O)c1ccccc1Br. The summed E-state index contributed by atoms with van der Waals surface area (Å²) in [4.78, 5) is 19.0. The zero-order valence-corrected chi connectivity index (χ0v) is 15.2. The van der Waals surface area contributed by atoms with Crippen molar-refractivity contribution in [2.24, 2.45) is 4.99 Å². The molecule has 3 nitrogen and oxygen atoms in total. The monoisotopic (exact) mass is 388 g/mol. The summed E-state index contributed by atoms with van der Waals surface area (Å²) in [5.74, 6) is 0.830. The maximum atomic E-state index is 12.8. The molecule has 0 aliphatic carbocycles. The molecule has 0 unspecified atom stereocenters. The van der Waals surface area contributed by atoms with Crippen molar-refractivity contribution < 1.29 is 4.79 Å². The Morgan fingerprint density at radius 1 is 1.22 bits per heavy atom. The van der Waals surface area contributed by atoms with Crippen LogP contribution in [0.15, 0.2) is 58.0 Å². The van der Waals surface area contributed by atoms with Crippen molar-refractivity contribution in [3.8, 4) is 0 Å². The number of amides is 1. The Kier molecular flexibility index (Phi) is 5.18. The third-order valence-corrected chi connectivity index (χ3v) is 5.52. The Bertz CT molecular complexity index is 760. The number of rotatable bonds is 3. The van der Waals surface area contributed by atoms with Crippen molar-refractivity contribution in [1.82, 2.24) is 4.90 Å². The molecular formula is C18H17BrN2OS. The van der Waals surface area contributed by atoms with Gasteiger partial charge in [-0.05, 0) is 46.1 Å². The molecule has 0 spiro atoms. The van der Waals surface area contributed by atoms with E-state index >= 15 is 0 Å². The van der Waals surface area contributed by atoms with Gasteiger partial charge in [0.2, 0.25) is 0 Å². The number of nitrogens with zero attached hydrogens (tertiary/aromatic N) is 2. The molecule has 0 atom stereocenters. The largest absolute Gasteiger partial charge is 0.286 e. The lowest BCUT2D eigenvalue weighted by Gasteiger charge is -2.18. The molecule has 1 amide bonds. The second kappa shape index (κ2) is 7.32. The Labute approximate surface area is 148 Å². The highest BCUT2D eigenvalue weighted by Crippen LogP contribution is 2.25. The molecule has 0 bridgehead atoms. The van der Waals surface area contributed by atoms with Crippen LogP contribution in [0, 0.1) is 6.92 Å². The van der Waals surface area contributed by atoms with E-state index < -0.39 is 0 Å². The third-order valence-electron chi connectivity index (χ3n) is 3.77. The molecule has 118 valence electrons. The summed E-state index contributed by atoms with van der Waals surface area (Å²) in [6.07, 6.45) is 0. The van der Waals surface area contributed by atoms with E-state index in [2.05, 4.69) is 40.0 Å². The molecule has 0 fully saturated rings. The molecule has 0 aromatic heterocycles. The van der Waals surface area contributed by atoms with Gasteiger partial charge < -0.3 is 0 Å². The van der Waals surface area contributed by atoms with Gasteiger partial charge in [-0.1, -0.05) is 48.2 Å². The average molecular weight is 389 g/mol. The zero-order chi connectivity index (χ0) is 16.2. The average Bonchev–Trinajstić information content (AvgIpc) is 3.02. The van der Waals surface area contributed by atoms with E-state index in [0.717, 1.165) is 15.4 Å². The topological polar surface area (TPSA) is 32.7 Å². The summed E-state index contributed by atoms with van der Waals surface area (Å²) in [6, 6.07) is 15.8. The second-order valence-corrected chi connectivity index (χ2v) is 7.11. The van der Waals surface area contributed by atoms with Crippen LogP contribution in [0.1, 0.15) is 21.5 Å². The lowest BCUT2D eigenvalue weighted by molar-refractivity contribution is 0.0860. The molecular weight excluding hydrogens is 372 g/mol. The molecule has 3 rings (SSSR count). The molecule has 0 saturated carbocycles. The predicted molar refractivity (Wildman–Crippen MR) is 100.0 cm³/mol. The van der Waals surface area contributed by atoms with Crippen LogP contribution in [-0.2, 0) is 5.75 Å². The summed E-state index contributed by atoms with van der Waals surface area (Å²) in [5.41, 5.74) is 3.22. The van der Waals surface area contributed by atoms with Gasteiger partial charge >= 0.3 is 0 Å². The van der Waals surface area contributed by atoms with E-state index in [4.69, 9.17) is 0 Å². The van der Waals surface area contributed by atoms with Crippen LogP contribution in [-0.4, -0.2) is 29.1 Å². The number of carbonyl (C=O) groups is 1. The van der Waals surface area contributed by atoms with Crippen molar-refractivity contribution in [2.45, 2.75) is 12.7 Å². The van der Waals surface area contributed by atoms with Crippen LogP contribution in [0.5, 0.6) is 0 Å². The highest BCUT2D eigenvalue weighted by Gasteiger charge is 2.26. The first-order valence-electron chi connectivity index (χ1n) is 7.45. The minimum absolute atomic E-state index is 0.00556. The number of hydrogen-bond donors (Lipinski definition) is 0. The van der Waals surface area contributed by atoms with E-state index in [1.54, 1.807) is 16.7 Å². The number of aryl methyl sites for hydroxylation is 1. The van der Waals surface area contributed by atoms with Crippen molar-refractivity contribution >= 4 is 38.8 Å². The fourth-order valence-electron chi connectivity index (χ4n) is 2.43. The van der Waals surface area contributed by atoms with Crippen LogP contribution in [0.4, 0.5) is 0 Å². The summed E-state index contributed by atoms with van der Waals surface area (Å²) in [5, 5.41) is 0.814. The summed E-state index contributed by atoms with van der Waals surface area (Å²) < 4.78 is 0.820. The predicted octanol–water partition coefficient (Wildman–Crippen LogP) is 4.50. The Morgan fingerprint density at radius 2 is 1.96 bits per heavy atom. The lowest BCUT2D eigenvalue weighted by Crippen LogP contribution is -2.33. The molecule has 1 aliphatic heterocycles. The van der Waals surface area contributed by atoms with Gasteiger partial charge in [-0.15, -0.1) is 0 Å². The summed E-state index contributed by atoms with van der Waals surface area (Å²) in [7, 11) is 0. The first-order valence-corrected chi connectivity index (χ1v) is 9.23. The molecule has 2 aromatic rings. The number of thioether (sulfide) groups is 1. The number of hydrogen-bond acceptors (Lipinski definition) is 3. The lowest BCUT2D eigenvalue weighted by atomic mass is 10.1. The number of carbonyl (C=O) groups excluding carboxylic acids is 1. The smallest absolute Gasteiger partial charge is 0.261 e. The molecule has 5 heteroatoms. The molecule has 23 heavy (non-hydrogen) atoms. The number of aliphatic imine (C=N–C) groups is 1. The standard InChI is InChI=1S/C18H17BrN2OS/c1-13-6-2-3-7-14(13)12-23-18-20-10-11-21(18)17(22)15-8-4-5-9-16(15)19/h2-9H,10-12H2,1H3. The first kappa shape index (κ1) is 16.3. The molecule has 0 radical (unpaired) electrons. The molecule has 1 heterocycles. The number of halogens is 1.